The summed E-state index contributed by atoms with van der Waals surface area (Å²) in [4.78, 5) is 2.55. The molecule has 1 saturated heterocycles. The van der Waals surface area contributed by atoms with Crippen molar-refractivity contribution in [1.82, 2.24) is 4.90 Å². The van der Waals surface area contributed by atoms with Gasteiger partial charge in [-0.1, -0.05) is 33.6 Å². The lowest BCUT2D eigenvalue weighted by atomic mass is 9.78. The minimum Gasteiger partial charge on any atom is -0.327 e. The van der Waals surface area contributed by atoms with Crippen molar-refractivity contribution >= 4 is 0 Å². The molecule has 1 fully saturated rings. The fourth-order valence-electron chi connectivity index (χ4n) is 2.42. The minimum atomic E-state index is 0.390. The number of hydrogen-bond donors (Lipinski definition) is 1. The number of piperidine rings is 1. The second-order valence-electron chi connectivity index (χ2n) is 5.51. The first-order valence-electron chi connectivity index (χ1n) is 6.57. The fourth-order valence-corrected chi connectivity index (χ4v) is 2.42. The molecule has 90 valence electrons. The lowest BCUT2D eigenvalue weighted by molar-refractivity contribution is 0.109. The molecule has 1 heterocycles. The zero-order valence-corrected chi connectivity index (χ0v) is 10.8. The van der Waals surface area contributed by atoms with E-state index in [1.807, 2.05) is 0 Å². The lowest BCUT2D eigenvalue weighted by Gasteiger charge is -2.39. The van der Waals surface area contributed by atoms with Crippen LogP contribution in [0.25, 0.3) is 0 Å². The Morgan fingerprint density at radius 3 is 2.33 bits per heavy atom. The van der Waals surface area contributed by atoms with Crippen LogP contribution in [0.5, 0.6) is 0 Å². The van der Waals surface area contributed by atoms with Gasteiger partial charge in [-0.3, -0.25) is 0 Å². The fraction of sp³-hybridized carbons (Fsp3) is 1.00. The van der Waals surface area contributed by atoms with Crippen molar-refractivity contribution < 1.29 is 0 Å². The van der Waals surface area contributed by atoms with Crippen LogP contribution in [-0.4, -0.2) is 30.6 Å². The van der Waals surface area contributed by atoms with Crippen LogP contribution in [0.2, 0.25) is 0 Å². The Kier molecular flexibility index (Phi) is 5.07. The summed E-state index contributed by atoms with van der Waals surface area (Å²) in [7, 11) is 0. The van der Waals surface area contributed by atoms with Crippen molar-refractivity contribution in [2.45, 2.75) is 58.9 Å². The van der Waals surface area contributed by atoms with E-state index in [0.717, 1.165) is 6.54 Å². The van der Waals surface area contributed by atoms with Gasteiger partial charge >= 0.3 is 0 Å². The molecule has 15 heavy (non-hydrogen) atoms. The SMILES string of the molecule is CCCC(N)CN1CCC(C)(CC)CC1. The largest absolute Gasteiger partial charge is 0.327 e. The molecule has 1 atom stereocenters. The van der Waals surface area contributed by atoms with Gasteiger partial charge in [-0.15, -0.1) is 0 Å². The third-order valence-corrected chi connectivity index (χ3v) is 4.07. The Morgan fingerprint density at radius 1 is 1.27 bits per heavy atom. The maximum absolute atomic E-state index is 6.07. The summed E-state index contributed by atoms with van der Waals surface area (Å²) in [6.07, 6.45) is 6.40. The molecule has 0 aromatic heterocycles. The van der Waals surface area contributed by atoms with Gasteiger partial charge in [0.25, 0.3) is 0 Å². The van der Waals surface area contributed by atoms with Gasteiger partial charge in [-0.2, -0.15) is 0 Å². The van der Waals surface area contributed by atoms with Crippen LogP contribution >= 0.6 is 0 Å². The van der Waals surface area contributed by atoms with Crippen molar-refractivity contribution in [3.63, 3.8) is 0 Å². The molecule has 1 unspecified atom stereocenters. The average Bonchev–Trinajstić information content (AvgIpc) is 2.22. The van der Waals surface area contributed by atoms with Crippen LogP contribution in [0.4, 0.5) is 0 Å². The van der Waals surface area contributed by atoms with Crippen LogP contribution in [-0.2, 0) is 0 Å². The van der Waals surface area contributed by atoms with Crippen LogP contribution in [0.3, 0.4) is 0 Å². The van der Waals surface area contributed by atoms with E-state index in [-0.39, 0.29) is 0 Å². The van der Waals surface area contributed by atoms with E-state index in [2.05, 4.69) is 25.7 Å². The molecule has 1 aliphatic rings. The van der Waals surface area contributed by atoms with Gasteiger partial charge in [0.1, 0.15) is 0 Å². The van der Waals surface area contributed by atoms with E-state index in [9.17, 15) is 0 Å². The molecule has 1 aliphatic heterocycles. The molecule has 0 bridgehead atoms. The molecular formula is C13H28N2. The Balaban J connectivity index is 2.25. The average molecular weight is 212 g/mol. The van der Waals surface area contributed by atoms with Crippen LogP contribution in [0, 0.1) is 5.41 Å². The third-order valence-electron chi connectivity index (χ3n) is 4.07. The Morgan fingerprint density at radius 2 is 1.87 bits per heavy atom. The number of rotatable bonds is 5. The van der Waals surface area contributed by atoms with E-state index in [0.29, 0.717) is 11.5 Å². The molecule has 1 rings (SSSR count). The molecule has 0 aromatic rings. The van der Waals surface area contributed by atoms with Crippen LogP contribution in [0.1, 0.15) is 52.9 Å². The van der Waals surface area contributed by atoms with Crippen LogP contribution in [0.15, 0.2) is 0 Å². The standard InChI is InChI=1S/C13H28N2/c1-4-6-12(14)11-15-9-7-13(3,5-2)8-10-15/h12H,4-11,14H2,1-3H3. The zero-order valence-electron chi connectivity index (χ0n) is 10.8. The summed E-state index contributed by atoms with van der Waals surface area (Å²) in [5.74, 6) is 0. The quantitative estimate of drug-likeness (QED) is 0.759. The van der Waals surface area contributed by atoms with E-state index >= 15 is 0 Å². The van der Waals surface area contributed by atoms with Crippen molar-refractivity contribution in [1.29, 1.82) is 0 Å². The normalized spacial score (nSPS) is 24.0. The van der Waals surface area contributed by atoms with Crippen molar-refractivity contribution in [3.05, 3.63) is 0 Å². The molecule has 2 N–H and O–H groups in total. The minimum absolute atomic E-state index is 0.390. The maximum atomic E-state index is 6.07. The van der Waals surface area contributed by atoms with E-state index in [1.165, 1.54) is 45.2 Å². The van der Waals surface area contributed by atoms with Gasteiger partial charge in [0.05, 0.1) is 0 Å². The Bertz CT molecular complexity index is 171. The van der Waals surface area contributed by atoms with E-state index in [4.69, 9.17) is 5.73 Å². The molecule has 0 amide bonds. The van der Waals surface area contributed by atoms with Gasteiger partial charge in [-0.25, -0.2) is 0 Å². The first kappa shape index (κ1) is 13.0. The maximum Gasteiger partial charge on any atom is 0.0167 e. The summed E-state index contributed by atoms with van der Waals surface area (Å²) >= 11 is 0. The van der Waals surface area contributed by atoms with Gasteiger partial charge in [0.2, 0.25) is 0 Å². The van der Waals surface area contributed by atoms with Gasteiger partial charge in [0.15, 0.2) is 0 Å². The summed E-state index contributed by atoms with van der Waals surface area (Å²) in [5, 5.41) is 0. The highest BCUT2D eigenvalue weighted by atomic mass is 15.1. The second kappa shape index (κ2) is 5.86. The lowest BCUT2D eigenvalue weighted by Crippen LogP contribution is -2.44. The van der Waals surface area contributed by atoms with Gasteiger partial charge in [0, 0.05) is 12.6 Å². The number of nitrogens with zero attached hydrogens (tertiary/aromatic N) is 1. The molecular weight excluding hydrogens is 184 g/mol. The molecule has 0 radical (unpaired) electrons. The van der Waals surface area contributed by atoms with Crippen molar-refractivity contribution in [2.75, 3.05) is 19.6 Å². The van der Waals surface area contributed by atoms with Crippen molar-refractivity contribution in [3.8, 4) is 0 Å². The predicted molar refractivity (Wildman–Crippen MR) is 67.0 cm³/mol. The number of nitrogens with two attached hydrogens (primary N) is 1. The Hall–Kier alpha value is -0.0800. The molecule has 0 spiro atoms. The second-order valence-corrected chi connectivity index (χ2v) is 5.51. The Labute approximate surface area is 95.2 Å². The van der Waals surface area contributed by atoms with Gasteiger partial charge < -0.3 is 10.6 Å². The van der Waals surface area contributed by atoms with E-state index in [1.54, 1.807) is 0 Å². The first-order chi connectivity index (χ1) is 7.09. The highest BCUT2D eigenvalue weighted by Gasteiger charge is 2.28. The first-order valence-corrected chi connectivity index (χ1v) is 6.57. The molecule has 2 heteroatoms. The third kappa shape index (κ3) is 4.12. The summed E-state index contributed by atoms with van der Waals surface area (Å²) in [6.45, 7) is 10.6. The molecule has 0 saturated carbocycles. The number of hydrogen-bond acceptors (Lipinski definition) is 2. The van der Waals surface area contributed by atoms with E-state index < -0.39 is 0 Å². The summed E-state index contributed by atoms with van der Waals surface area (Å²) in [6, 6.07) is 0.390. The zero-order chi connectivity index (χ0) is 11.3. The topological polar surface area (TPSA) is 29.3 Å². The van der Waals surface area contributed by atoms with Gasteiger partial charge in [-0.05, 0) is 37.8 Å². The highest BCUT2D eigenvalue weighted by molar-refractivity contribution is 4.82. The summed E-state index contributed by atoms with van der Waals surface area (Å²) in [5.41, 5.74) is 6.68. The molecule has 0 aliphatic carbocycles. The smallest absolute Gasteiger partial charge is 0.0167 e. The molecule has 2 nitrogen and oxygen atoms in total. The van der Waals surface area contributed by atoms with Crippen molar-refractivity contribution in [2.24, 2.45) is 11.1 Å². The molecule has 0 aromatic carbocycles. The van der Waals surface area contributed by atoms with Crippen LogP contribution < -0.4 is 5.73 Å². The predicted octanol–water partition coefficient (Wildman–Crippen LogP) is 2.63. The highest BCUT2D eigenvalue weighted by Crippen LogP contribution is 2.33. The summed E-state index contributed by atoms with van der Waals surface area (Å²) < 4.78 is 0. The monoisotopic (exact) mass is 212 g/mol. The number of likely N-dealkylation sites (tertiary alicyclic amines) is 1.